The number of benzene rings is 2. The number of aryl methyl sites for hydroxylation is 1. The molecular weight excluding hydrogens is 426 g/mol. The molecule has 0 heterocycles. The van der Waals surface area contributed by atoms with E-state index < -0.39 is 11.8 Å². The van der Waals surface area contributed by atoms with E-state index in [9.17, 15) is 9.59 Å². The maximum absolute atomic E-state index is 12.0. The molecule has 0 aliphatic rings. The van der Waals surface area contributed by atoms with Crippen molar-refractivity contribution >= 4 is 39.6 Å². The largest absolute Gasteiger partial charge is 0.492 e. The third-order valence-electron chi connectivity index (χ3n) is 3.68. The molecule has 0 aromatic heterocycles. The highest BCUT2D eigenvalue weighted by Crippen LogP contribution is 2.36. The zero-order valence-electron chi connectivity index (χ0n) is 15.9. The van der Waals surface area contributed by atoms with Gasteiger partial charge in [0.05, 0.1) is 24.4 Å². The van der Waals surface area contributed by atoms with E-state index in [4.69, 9.17) is 9.47 Å². The number of ether oxygens (including phenoxy) is 2. The quantitative estimate of drug-likeness (QED) is 0.367. The van der Waals surface area contributed by atoms with Gasteiger partial charge in [-0.05, 0) is 59.1 Å². The molecular formula is C20H22BrN3O4. The number of nitrogens with one attached hydrogen (secondary N) is 2. The molecule has 0 bridgehead atoms. The molecule has 0 aliphatic carbocycles. The Morgan fingerprint density at radius 3 is 2.64 bits per heavy atom. The molecule has 0 unspecified atom stereocenters. The Hall–Kier alpha value is -2.87. The first-order valence-corrected chi connectivity index (χ1v) is 9.41. The van der Waals surface area contributed by atoms with E-state index in [0.717, 1.165) is 5.56 Å². The number of methoxy groups -OCH3 is 1. The van der Waals surface area contributed by atoms with Gasteiger partial charge in [-0.2, -0.15) is 5.10 Å². The standard InChI is InChI=1S/C20H22BrN3O4/c1-4-28-17-10-14(9-15(21)20(17)27-3)12-22-24-19(26)11-18(25)23-16-8-6-5-7-13(16)2/h5-10,12H,4,11H2,1-3H3,(H,23,25)(H,24,26). The molecule has 0 aliphatic heterocycles. The zero-order valence-corrected chi connectivity index (χ0v) is 17.5. The number of nitrogens with zero attached hydrogens (tertiary/aromatic N) is 1. The minimum absolute atomic E-state index is 0.331. The monoisotopic (exact) mass is 447 g/mol. The topological polar surface area (TPSA) is 89.0 Å². The Labute approximate surface area is 172 Å². The molecule has 148 valence electrons. The normalized spacial score (nSPS) is 10.6. The van der Waals surface area contributed by atoms with Crippen molar-refractivity contribution in [3.05, 3.63) is 52.0 Å². The zero-order chi connectivity index (χ0) is 20.5. The van der Waals surface area contributed by atoms with E-state index in [1.807, 2.05) is 32.0 Å². The number of hydrogen-bond donors (Lipinski definition) is 2. The smallest absolute Gasteiger partial charge is 0.249 e. The van der Waals surface area contributed by atoms with Crippen molar-refractivity contribution in [3.63, 3.8) is 0 Å². The Balaban J connectivity index is 1.94. The third-order valence-corrected chi connectivity index (χ3v) is 4.27. The molecule has 0 saturated carbocycles. The van der Waals surface area contributed by atoms with Crippen LogP contribution < -0.4 is 20.2 Å². The lowest BCUT2D eigenvalue weighted by Gasteiger charge is -2.11. The summed E-state index contributed by atoms with van der Waals surface area (Å²) in [5.41, 5.74) is 4.64. The maximum Gasteiger partial charge on any atom is 0.249 e. The van der Waals surface area contributed by atoms with Crippen LogP contribution in [0.25, 0.3) is 0 Å². The van der Waals surface area contributed by atoms with Crippen molar-refractivity contribution in [1.29, 1.82) is 0 Å². The second-order valence-corrected chi connectivity index (χ2v) is 6.65. The van der Waals surface area contributed by atoms with Crippen molar-refractivity contribution in [2.24, 2.45) is 5.10 Å². The van der Waals surface area contributed by atoms with Crippen LogP contribution in [0.3, 0.4) is 0 Å². The number of anilines is 1. The molecule has 0 atom stereocenters. The van der Waals surface area contributed by atoms with E-state index in [1.165, 1.54) is 6.21 Å². The summed E-state index contributed by atoms with van der Waals surface area (Å²) in [5, 5.41) is 6.60. The number of amides is 2. The average Bonchev–Trinajstić information content (AvgIpc) is 2.64. The Kier molecular flexibility index (Phi) is 8.01. The summed E-state index contributed by atoms with van der Waals surface area (Å²) in [4.78, 5) is 23.9. The molecule has 2 amide bonds. The van der Waals surface area contributed by atoms with E-state index in [0.29, 0.717) is 33.8 Å². The maximum atomic E-state index is 12.0. The molecule has 0 fully saturated rings. The van der Waals surface area contributed by atoms with Crippen LogP contribution in [0.2, 0.25) is 0 Å². The average molecular weight is 448 g/mol. The van der Waals surface area contributed by atoms with Gasteiger partial charge in [-0.15, -0.1) is 0 Å². The number of carbonyl (C=O) groups excluding carboxylic acids is 2. The number of rotatable bonds is 8. The van der Waals surface area contributed by atoms with Gasteiger partial charge in [0.2, 0.25) is 11.8 Å². The van der Waals surface area contributed by atoms with E-state index in [2.05, 4.69) is 31.8 Å². The molecule has 0 radical (unpaired) electrons. The van der Waals surface area contributed by atoms with Crippen LogP contribution in [-0.2, 0) is 9.59 Å². The van der Waals surface area contributed by atoms with Gasteiger partial charge in [-0.1, -0.05) is 18.2 Å². The number of hydrogen-bond acceptors (Lipinski definition) is 5. The van der Waals surface area contributed by atoms with Crippen LogP contribution in [0.1, 0.15) is 24.5 Å². The molecule has 7 nitrogen and oxygen atoms in total. The second-order valence-electron chi connectivity index (χ2n) is 5.80. The summed E-state index contributed by atoms with van der Waals surface area (Å²) >= 11 is 3.41. The Morgan fingerprint density at radius 2 is 1.96 bits per heavy atom. The van der Waals surface area contributed by atoms with Gasteiger partial charge in [-0.25, -0.2) is 5.43 Å². The van der Waals surface area contributed by atoms with Gasteiger partial charge < -0.3 is 14.8 Å². The van der Waals surface area contributed by atoms with Gasteiger partial charge >= 0.3 is 0 Å². The van der Waals surface area contributed by atoms with Crippen LogP contribution in [0, 0.1) is 6.92 Å². The summed E-state index contributed by atoms with van der Waals surface area (Å²) in [5.74, 6) is 0.216. The number of para-hydroxylation sites is 1. The van der Waals surface area contributed by atoms with Crippen molar-refractivity contribution in [3.8, 4) is 11.5 Å². The molecule has 8 heteroatoms. The van der Waals surface area contributed by atoms with Crippen molar-refractivity contribution < 1.29 is 19.1 Å². The number of carbonyl (C=O) groups is 2. The molecule has 2 N–H and O–H groups in total. The fourth-order valence-electron chi connectivity index (χ4n) is 2.40. The predicted octanol–water partition coefficient (Wildman–Crippen LogP) is 3.64. The summed E-state index contributed by atoms with van der Waals surface area (Å²) in [6.45, 7) is 4.23. The molecule has 2 aromatic carbocycles. The van der Waals surface area contributed by atoms with E-state index in [-0.39, 0.29) is 6.42 Å². The van der Waals surface area contributed by atoms with Gasteiger partial charge in [0, 0.05) is 5.69 Å². The summed E-state index contributed by atoms with van der Waals surface area (Å²) in [7, 11) is 1.55. The van der Waals surface area contributed by atoms with Crippen LogP contribution in [0.4, 0.5) is 5.69 Å². The highest BCUT2D eigenvalue weighted by atomic mass is 79.9. The van der Waals surface area contributed by atoms with Gasteiger partial charge in [-0.3, -0.25) is 9.59 Å². The summed E-state index contributed by atoms with van der Waals surface area (Å²) in [6, 6.07) is 10.9. The van der Waals surface area contributed by atoms with Crippen LogP contribution >= 0.6 is 15.9 Å². The first-order valence-electron chi connectivity index (χ1n) is 8.62. The third kappa shape index (κ3) is 6.09. The minimum Gasteiger partial charge on any atom is -0.492 e. The summed E-state index contributed by atoms with van der Waals surface area (Å²) < 4.78 is 11.5. The lowest BCUT2D eigenvalue weighted by molar-refractivity contribution is -0.126. The van der Waals surface area contributed by atoms with Crippen molar-refractivity contribution in [2.45, 2.75) is 20.3 Å². The minimum atomic E-state index is -0.514. The van der Waals surface area contributed by atoms with Crippen LogP contribution in [0.5, 0.6) is 11.5 Å². The highest BCUT2D eigenvalue weighted by Gasteiger charge is 2.11. The molecule has 2 rings (SSSR count). The summed E-state index contributed by atoms with van der Waals surface area (Å²) in [6.07, 6.45) is 1.13. The lowest BCUT2D eigenvalue weighted by atomic mass is 10.2. The fourth-order valence-corrected chi connectivity index (χ4v) is 3.02. The lowest BCUT2D eigenvalue weighted by Crippen LogP contribution is -2.24. The first kappa shape index (κ1) is 21.4. The first-order chi connectivity index (χ1) is 13.4. The molecule has 28 heavy (non-hydrogen) atoms. The molecule has 0 saturated heterocycles. The van der Waals surface area contributed by atoms with E-state index in [1.54, 1.807) is 25.3 Å². The number of hydrazone groups is 1. The van der Waals surface area contributed by atoms with Crippen molar-refractivity contribution in [1.82, 2.24) is 5.43 Å². The highest BCUT2D eigenvalue weighted by molar-refractivity contribution is 9.10. The SMILES string of the molecule is CCOc1cc(C=NNC(=O)CC(=O)Nc2ccccc2C)cc(Br)c1OC. The second kappa shape index (κ2) is 10.5. The van der Waals surface area contributed by atoms with Gasteiger partial charge in [0.25, 0.3) is 0 Å². The van der Waals surface area contributed by atoms with Crippen LogP contribution in [0.15, 0.2) is 46.0 Å². The molecule has 2 aromatic rings. The predicted molar refractivity (Wildman–Crippen MR) is 112 cm³/mol. The fraction of sp³-hybridized carbons (Fsp3) is 0.250. The Morgan fingerprint density at radius 1 is 1.21 bits per heavy atom. The van der Waals surface area contributed by atoms with Crippen LogP contribution in [-0.4, -0.2) is 31.7 Å². The van der Waals surface area contributed by atoms with E-state index >= 15 is 0 Å². The van der Waals surface area contributed by atoms with Crippen molar-refractivity contribution in [2.75, 3.05) is 19.0 Å². The van der Waals surface area contributed by atoms with Gasteiger partial charge in [0.1, 0.15) is 6.42 Å². The number of halogens is 1. The molecule has 0 spiro atoms. The van der Waals surface area contributed by atoms with Gasteiger partial charge in [0.15, 0.2) is 11.5 Å². The Bertz CT molecular complexity index is 884.